The fourth-order valence-corrected chi connectivity index (χ4v) is 2.39. The highest BCUT2D eigenvalue weighted by molar-refractivity contribution is 7.98. The molecule has 2 aromatic heterocycles. The number of carbonyl (C=O) groups is 1. The van der Waals surface area contributed by atoms with Crippen LogP contribution in [-0.2, 0) is 0 Å². The maximum atomic E-state index is 12.2. The fraction of sp³-hybridized carbons (Fsp3) is 0.143. The number of carbonyl (C=O) groups excluding carboxylic acids is 1. The van der Waals surface area contributed by atoms with Crippen molar-refractivity contribution in [1.82, 2.24) is 30.7 Å². The largest absolute Gasteiger partial charge is 0.378 e. The summed E-state index contributed by atoms with van der Waals surface area (Å²) in [4.78, 5) is 13.3. The van der Waals surface area contributed by atoms with Crippen LogP contribution < -0.4 is 11.2 Å². The summed E-state index contributed by atoms with van der Waals surface area (Å²) in [5.41, 5.74) is 9.41. The average molecular weight is 358 g/mol. The number of amides is 1. The van der Waals surface area contributed by atoms with Crippen molar-refractivity contribution in [3.8, 4) is 5.82 Å². The van der Waals surface area contributed by atoms with E-state index in [0.717, 1.165) is 10.5 Å². The van der Waals surface area contributed by atoms with Gasteiger partial charge in [0.15, 0.2) is 5.69 Å². The first-order valence-corrected chi connectivity index (χ1v) is 8.30. The van der Waals surface area contributed by atoms with E-state index in [1.807, 2.05) is 30.5 Å². The van der Waals surface area contributed by atoms with Crippen LogP contribution in [0.3, 0.4) is 0 Å². The van der Waals surface area contributed by atoms with Crippen LogP contribution in [-0.4, -0.2) is 43.7 Å². The van der Waals surface area contributed by atoms with Crippen LogP contribution >= 0.6 is 11.8 Å². The lowest BCUT2D eigenvalue weighted by Gasteiger charge is -1.99. The molecule has 0 atom stereocenters. The van der Waals surface area contributed by atoms with Gasteiger partial charge in [0.25, 0.3) is 5.91 Å². The van der Waals surface area contributed by atoms with E-state index in [1.165, 1.54) is 4.68 Å². The highest BCUT2D eigenvalue weighted by atomic mass is 32.2. The SMILES string of the molecule is CSc1ccc(/C=N\NC(=O)c2nnn(-c3nonc3N)c2C)cc1. The van der Waals surface area contributed by atoms with Gasteiger partial charge in [-0.1, -0.05) is 17.3 Å². The number of hydrazone groups is 1. The molecule has 3 aromatic rings. The molecule has 128 valence electrons. The lowest BCUT2D eigenvalue weighted by atomic mass is 10.2. The zero-order chi connectivity index (χ0) is 17.8. The standard InChI is InChI=1S/C14H14N8O2S/c1-8-11(17-21-22(8)13-12(15)19-24-20-13)14(23)18-16-7-9-3-5-10(25-2)6-4-9/h3-7H,1-2H3,(H2,15,19)(H,18,23)/b16-7-. The molecule has 1 aromatic carbocycles. The van der Waals surface area contributed by atoms with E-state index in [4.69, 9.17) is 5.73 Å². The molecule has 0 saturated heterocycles. The summed E-state index contributed by atoms with van der Waals surface area (Å²) in [6.07, 6.45) is 3.54. The van der Waals surface area contributed by atoms with Crippen molar-refractivity contribution in [2.24, 2.45) is 5.10 Å². The molecule has 0 aliphatic rings. The molecule has 3 N–H and O–H groups in total. The molecule has 0 saturated carbocycles. The van der Waals surface area contributed by atoms with Gasteiger partial charge in [0.05, 0.1) is 11.9 Å². The molecule has 1 amide bonds. The van der Waals surface area contributed by atoms with E-state index in [0.29, 0.717) is 5.69 Å². The Balaban J connectivity index is 1.70. The van der Waals surface area contributed by atoms with Gasteiger partial charge in [-0.05, 0) is 41.2 Å². The Bertz CT molecular complexity index is 915. The van der Waals surface area contributed by atoms with E-state index in [2.05, 4.69) is 35.8 Å². The monoisotopic (exact) mass is 358 g/mol. The molecule has 0 aliphatic heterocycles. The van der Waals surface area contributed by atoms with E-state index in [9.17, 15) is 4.79 Å². The number of nitrogens with two attached hydrogens (primary N) is 1. The van der Waals surface area contributed by atoms with Gasteiger partial charge in [0.2, 0.25) is 11.6 Å². The van der Waals surface area contributed by atoms with E-state index >= 15 is 0 Å². The molecule has 25 heavy (non-hydrogen) atoms. The van der Waals surface area contributed by atoms with Crippen LogP contribution in [0.2, 0.25) is 0 Å². The molecule has 0 bridgehead atoms. The fourth-order valence-electron chi connectivity index (χ4n) is 1.99. The van der Waals surface area contributed by atoms with Crippen LogP contribution in [0.4, 0.5) is 5.82 Å². The van der Waals surface area contributed by atoms with Crippen molar-refractivity contribution in [2.75, 3.05) is 12.0 Å². The normalized spacial score (nSPS) is 11.1. The summed E-state index contributed by atoms with van der Waals surface area (Å²) in [5, 5.41) is 18.7. The number of benzene rings is 1. The van der Waals surface area contributed by atoms with Gasteiger partial charge < -0.3 is 5.73 Å². The summed E-state index contributed by atoms with van der Waals surface area (Å²) in [6.45, 7) is 1.65. The maximum absolute atomic E-state index is 12.2. The minimum Gasteiger partial charge on any atom is -0.378 e. The first-order valence-electron chi connectivity index (χ1n) is 7.08. The number of nitrogens with zero attached hydrogens (tertiary/aromatic N) is 6. The number of anilines is 1. The third-order valence-corrected chi connectivity index (χ3v) is 4.04. The van der Waals surface area contributed by atoms with Crippen LogP contribution in [0, 0.1) is 6.92 Å². The van der Waals surface area contributed by atoms with Gasteiger partial charge in [0.1, 0.15) is 0 Å². The Morgan fingerprint density at radius 1 is 1.36 bits per heavy atom. The highest BCUT2D eigenvalue weighted by Crippen LogP contribution is 2.15. The van der Waals surface area contributed by atoms with Crippen LogP contribution in [0.25, 0.3) is 5.82 Å². The minimum absolute atomic E-state index is 0.0478. The second-order valence-electron chi connectivity index (χ2n) is 4.88. The molecule has 11 heteroatoms. The van der Waals surface area contributed by atoms with Crippen molar-refractivity contribution in [2.45, 2.75) is 11.8 Å². The molecule has 10 nitrogen and oxygen atoms in total. The van der Waals surface area contributed by atoms with Gasteiger partial charge >= 0.3 is 0 Å². The van der Waals surface area contributed by atoms with Crippen molar-refractivity contribution in [3.05, 3.63) is 41.2 Å². The highest BCUT2D eigenvalue weighted by Gasteiger charge is 2.20. The molecular weight excluding hydrogens is 344 g/mol. The lowest BCUT2D eigenvalue weighted by Crippen LogP contribution is -2.19. The second-order valence-corrected chi connectivity index (χ2v) is 5.76. The number of thioether (sulfide) groups is 1. The zero-order valence-corrected chi connectivity index (χ0v) is 14.2. The molecular formula is C14H14N8O2S. The predicted octanol–water partition coefficient (Wildman–Crippen LogP) is 1.03. The Kier molecular flexibility index (Phi) is 4.75. The number of nitrogen functional groups attached to an aromatic ring is 1. The van der Waals surface area contributed by atoms with Crippen molar-refractivity contribution in [3.63, 3.8) is 0 Å². The summed E-state index contributed by atoms with van der Waals surface area (Å²) in [5.74, 6) is -0.288. The van der Waals surface area contributed by atoms with E-state index < -0.39 is 5.91 Å². The maximum Gasteiger partial charge on any atom is 0.293 e. The molecule has 0 spiro atoms. The zero-order valence-electron chi connectivity index (χ0n) is 13.4. The third kappa shape index (κ3) is 3.50. The Hall–Kier alpha value is -3.21. The smallest absolute Gasteiger partial charge is 0.293 e. The summed E-state index contributed by atoms with van der Waals surface area (Å²) in [7, 11) is 0. The quantitative estimate of drug-likeness (QED) is 0.392. The minimum atomic E-state index is -0.504. The van der Waals surface area contributed by atoms with Gasteiger partial charge in [0, 0.05) is 4.90 Å². The summed E-state index contributed by atoms with van der Waals surface area (Å²) >= 11 is 1.65. The number of aromatic nitrogens is 5. The van der Waals surface area contributed by atoms with Gasteiger partial charge in [-0.15, -0.1) is 16.9 Å². The Morgan fingerprint density at radius 3 is 2.76 bits per heavy atom. The molecule has 0 unspecified atom stereocenters. The molecule has 2 heterocycles. The lowest BCUT2D eigenvalue weighted by molar-refractivity contribution is 0.0949. The van der Waals surface area contributed by atoms with Crippen LogP contribution in [0.1, 0.15) is 21.7 Å². The molecule has 0 radical (unpaired) electrons. The molecule has 0 aliphatic carbocycles. The number of rotatable bonds is 5. The molecule has 0 fully saturated rings. The van der Waals surface area contributed by atoms with E-state index in [-0.39, 0.29) is 17.3 Å². The number of nitrogens with one attached hydrogen (secondary N) is 1. The summed E-state index contributed by atoms with van der Waals surface area (Å²) < 4.78 is 5.79. The first kappa shape index (κ1) is 16.6. The van der Waals surface area contributed by atoms with Gasteiger partial charge in [-0.3, -0.25) is 4.79 Å². The predicted molar refractivity (Wildman–Crippen MR) is 91.6 cm³/mol. The first-order chi connectivity index (χ1) is 12.1. The average Bonchev–Trinajstić information content (AvgIpc) is 3.20. The van der Waals surface area contributed by atoms with Gasteiger partial charge in [-0.25, -0.2) is 10.1 Å². The Morgan fingerprint density at radius 2 is 2.12 bits per heavy atom. The summed E-state index contributed by atoms with van der Waals surface area (Å²) in [6, 6.07) is 7.76. The van der Waals surface area contributed by atoms with Crippen LogP contribution in [0.5, 0.6) is 0 Å². The number of hydrogen-bond donors (Lipinski definition) is 2. The Labute approximate surface area is 146 Å². The molecule has 3 rings (SSSR count). The van der Waals surface area contributed by atoms with Crippen molar-refractivity contribution >= 4 is 29.7 Å². The van der Waals surface area contributed by atoms with Crippen molar-refractivity contribution in [1.29, 1.82) is 0 Å². The van der Waals surface area contributed by atoms with Crippen LogP contribution in [0.15, 0.2) is 38.9 Å². The van der Waals surface area contributed by atoms with E-state index in [1.54, 1.807) is 24.9 Å². The van der Waals surface area contributed by atoms with Gasteiger partial charge in [-0.2, -0.15) is 9.78 Å². The number of hydrogen-bond acceptors (Lipinski definition) is 9. The third-order valence-electron chi connectivity index (χ3n) is 3.30. The second kappa shape index (κ2) is 7.13. The topological polar surface area (TPSA) is 137 Å². The van der Waals surface area contributed by atoms with Crippen molar-refractivity contribution < 1.29 is 9.42 Å².